The largest absolute Gasteiger partial charge is 0.400 e. The van der Waals surface area contributed by atoms with Gasteiger partial charge < -0.3 is 27.1 Å². The fourth-order valence-electron chi connectivity index (χ4n) is 0.768. The standard InChI is InChI=1S/C7H16N4O.CH4O/c8-6(5-12)3-1-2-4-11-7(9)10;1-2/h5-6H,1-4,8H2,(H4,9,10,11);2H,1H3. The lowest BCUT2D eigenvalue weighted by atomic mass is 10.1. The van der Waals surface area contributed by atoms with Gasteiger partial charge in [-0.25, -0.2) is 0 Å². The molecule has 0 aliphatic rings. The number of aliphatic hydroxyl groups is 1. The fraction of sp³-hybridized carbons (Fsp3) is 0.750. The predicted molar refractivity (Wildman–Crippen MR) is 56.7 cm³/mol. The summed E-state index contributed by atoms with van der Waals surface area (Å²) < 4.78 is 0. The molecule has 0 bridgehead atoms. The number of aliphatic hydroxyl groups excluding tert-OH is 1. The molecule has 0 aromatic heterocycles. The molecule has 84 valence electrons. The maximum atomic E-state index is 10.1. The number of rotatable bonds is 6. The first kappa shape index (κ1) is 15.3. The molecule has 0 saturated heterocycles. The third kappa shape index (κ3) is 13.4. The van der Waals surface area contributed by atoms with E-state index in [1.165, 1.54) is 0 Å². The van der Waals surface area contributed by atoms with Gasteiger partial charge >= 0.3 is 0 Å². The van der Waals surface area contributed by atoms with Crippen molar-refractivity contribution in [3.8, 4) is 0 Å². The van der Waals surface area contributed by atoms with Gasteiger partial charge in [-0.2, -0.15) is 0 Å². The van der Waals surface area contributed by atoms with E-state index in [0.717, 1.165) is 26.2 Å². The summed E-state index contributed by atoms with van der Waals surface area (Å²) in [6, 6.07) is -0.343. The molecule has 1 atom stereocenters. The number of unbranched alkanes of at least 4 members (excludes halogenated alkanes) is 1. The first-order chi connectivity index (χ1) is 6.66. The molecule has 1 unspecified atom stereocenters. The summed E-state index contributed by atoms with van der Waals surface area (Å²) in [7, 11) is 1.00. The van der Waals surface area contributed by atoms with Gasteiger partial charge in [-0.15, -0.1) is 0 Å². The number of hydrogen-bond acceptors (Lipinski definition) is 4. The molecule has 0 rings (SSSR count). The van der Waals surface area contributed by atoms with Crippen LogP contribution in [0.5, 0.6) is 0 Å². The fourth-order valence-corrected chi connectivity index (χ4v) is 0.768. The summed E-state index contributed by atoms with van der Waals surface area (Å²) in [6.07, 6.45) is 3.18. The Kier molecular flexibility index (Phi) is 13.0. The minimum atomic E-state index is -0.343. The van der Waals surface area contributed by atoms with Crippen molar-refractivity contribution in [1.82, 2.24) is 0 Å². The molecule has 6 nitrogen and oxygen atoms in total. The van der Waals surface area contributed by atoms with Crippen molar-refractivity contribution in [1.29, 1.82) is 0 Å². The number of nitrogens with two attached hydrogens (primary N) is 3. The lowest BCUT2D eigenvalue weighted by molar-refractivity contribution is -0.109. The molecule has 14 heavy (non-hydrogen) atoms. The van der Waals surface area contributed by atoms with Crippen LogP contribution in [0, 0.1) is 0 Å². The van der Waals surface area contributed by atoms with E-state index in [2.05, 4.69) is 4.99 Å². The van der Waals surface area contributed by atoms with Crippen LogP contribution >= 0.6 is 0 Å². The third-order valence-electron chi connectivity index (χ3n) is 1.41. The molecule has 0 aliphatic heterocycles. The summed E-state index contributed by atoms with van der Waals surface area (Å²) >= 11 is 0. The number of carbonyl (C=O) groups is 1. The molecule has 0 spiro atoms. The summed E-state index contributed by atoms with van der Waals surface area (Å²) in [5.41, 5.74) is 15.6. The van der Waals surface area contributed by atoms with E-state index < -0.39 is 0 Å². The summed E-state index contributed by atoms with van der Waals surface area (Å²) in [5.74, 6) is 0.106. The second-order valence-electron chi connectivity index (χ2n) is 2.60. The monoisotopic (exact) mass is 204 g/mol. The van der Waals surface area contributed by atoms with Gasteiger partial charge in [0.1, 0.15) is 6.29 Å². The molecule has 0 saturated carbocycles. The van der Waals surface area contributed by atoms with E-state index in [1.54, 1.807) is 0 Å². The van der Waals surface area contributed by atoms with Gasteiger partial charge in [0, 0.05) is 13.7 Å². The Morgan fingerprint density at radius 1 is 1.43 bits per heavy atom. The van der Waals surface area contributed by atoms with Crippen molar-refractivity contribution in [3.63, 3.8) is 0 Å². The van der Waals surface area contributed by atoms with Gasteiger partial charge in [0.2, 0.25) is 0 Å². The Morgan fingerprint density at radius 3 is 2.43 bits per heavy atom. The zero-order chi connectivity index (χ0) is 11.4. The van der Waals surface area contributed by atoms with Gasteiger partial charge in [0.05, 0.1) is 6.04 Å². The average Bonchev–Trinajstić information content (AvgIpc) is 2.19. The molecule has 0 heterocycles. The number of hydrogen-bond donors (Lipinski definition) is 4. The molecule has 0 radical (unpaired) electrons. The van der Waals surface area contributed by atoms with Gasteiger partial charge in [0.15, 0.2) is 5.96 Å². The molecule has 0 aliphatic carbocycles. The Morgan fingerprint density at radius 2 is 2.00 bits per heavy atom. The highest BCUT2D eigenvalue weighted by Crippen LogP contribution is 1.97. The smallest absolute Gasteiger partial charge is 0.185 e. The number of aldehydes is 1. The van der Waals surface area contributed by atoms with Gasteiger partial charge in [-0.05, 0) is 19.3 Å². The highest BCUT2D eigenvalue weighted by Gasteiger charge is 1.97. The molecule has 6 heteroatoms. The van der Waals surface area contributed by atoms with Crippen LogP contribution in [0.4, 0.5) is 0 Å². The van der Waals surface area contributed by atoms with E-state index in [0.29, 0.717) is 13.0 Å². The quantitative estimate of drug-likeness (QED) is 0.182. The van der Waals surface area contributed by atoms with Crippen LogP contribution in [0.2, 0.25) is 0 Å². The topological polar surface area (TPSA) is 128 Å². The normalized spacial score (nSPS) is 10.8. The maximum Gasteiger partial charge on any atom is 0.185 e. The second-order valence-corrected chi connectivity index (χ2v) is 2.60. The van der Waals surface area contributed by atoms with Crippen LogP contribution in [0.1, 0.15) is 19.3 Å². The van der Waals surface area contributed by atoms with Crippen molar-refractivity contribution in [3.05, 3.63) is 0 Å². The number of carbonyl (C=O) groups excluding carboxylic acids is 1. The Balaban J connectivity index is 0. The molecule has 0 amide bonds. The molecular weight excluding hydrogens is 184 g/mol. The van der Waals surface area contributed by atoms with Gasteiger partial charge in [-0.3, -0.25) is 4.99 Å². The van der Waals surface area contributed by atoms with Crippen LogP contribution in [0.3, 0.4) is 0 Å². The van der Waals surface area contributed by atoms with E-state index >= 15 is 0 Å². The van der Waals surface area contributed by atoms with Crippen LogP contribution in [-0.4, -0.2) is 37.0 Å². The van der Waals surface area contributed by atoms with Crippen LogP contribution in [0.15, 0.2) is 4.99 Å². The van der Waals surface area contributed by atoms with Crippen molar-refractivity contribution in [2.24, 2.45) is 22.2 Å². The molecule has 0 aromatic carbocycles. The zero-order valence-corrected chi connectivity index (χ0v) is 8.52. The summed E-state index contributed by atoms with van der Waals surface area (Å²) in [4.78, 5) is 13.9. The van der Waals surface area contributed by atoms with Crippen LogP contribution in [-0.2, 0) is 4.79 Å². The lowest BCUT2D eigenvalue weighted by Gasteiger charge is -2.01. The molecule has 7 N–H and O–H groups in total. The Labute approximate surface area is 84.2 Å². The summed E-state index contributed by atoms with van der Waals surface area (Å²) in [5, 5.41) is 7.00. The highest BCUT2D eigenvalue weighted by atomic mass is 16.2. The number of guanidine groups is 1. The van der Waals surface area contributed by atoms with Crippen molar-refractivity contribution in [2.45, 2.75) is 25.3 Å². The minimum Gasteiger partial charge on any atom is -0.400 e. The first-order valence-corrected chi connectivity index (χ1v) is 4.38. The third-order valence-corrected chi connectivity index (χ3v) is 1.41. The average molecular weight is 204 g/mol. The number of aliphatic imine (C=N–C) groups is 1. The van der Waals surface area contributed by atoms with Crippen molar-refractivity contribution in [2.75, 3.05) is 13.7 Å². The first-order valence-electron chi connectivity index (χ1n) is 4.38. The van der Waals surface area contributed by atoms with Gasteiger partial charge in [-0.1, -0.05) is 0 Å². The second kappa shape index (κ2) is 11.9. The minimum absolute atomic E-state index is 0.106. The van der Waals surface area contributed by atoms with Gasteiger partial charge in [0.25, 0.3) is 0 Å². The van der Waals surface area contributed by atoms with Crippen molar-refractivity contribution < 1.29 is 9.90 Å². The molecular formula is C8H20N4O2. The van der Waals surface area contributed by atoms with Crippen LogP contribution < -0.4 is 17.2 Å². The van der Waals surface area contributed by atoms with E-state index in [4.69, 9.17) is 22.3 Å². The molecule has 0 fully saturated rings. The maximum absolute atomic E-state index is 10.1. The van der Waals surface area contributed by atoms with Crippen molar-refractivity contribution >= 4 is 12.2 Å². The predicted octanol–water partition coefficient (Wildman–Crippen LogP) is -1.44. The SMILES string of the molecule is CO.NC(N)=NCCCCC(N)C=O. The van der Waals surface area contributed by atoms with Crippen LogP contribution in [0.25, 0.3) is 0 Å². The lowest BCUT2D eigenvalue weighted by Crippen LogP contribution is -2.23. The van der Waals surface area contributed by atoms with E-state index in [1.807, 2.05) is 0 Å². The zero-order valence-electron chi connectivity index (χ0n) is 8.52. The number of nitrogens with zero attached hydrogens (tertiary/aromatic N) is 1. The van der Waals surface area contributed by atoms with E-state index in [9.17, 15) is 4.79 Å². The highest BCUT2D eigenvalue weighted by molar-refractivity contribution is 5.75. The Bertz CT molecular complexity index is 157. The molecule has 0 aromatic rings. The van der Waals surface area contributed by atoms with E-state index in [-0.39, 0.29) is 12.0 Å². The Hall–Kier alpha value is -1.14. The summed E-state index contributed by atoms with van der Waals surface area (Å²) in [6.45, 7) is 0.605.